The third-order valence-electron chi connectivity index (χ3n) is 3.74. The largest absolute Gasteiger partial charge is 0.297 e. The fraction of sp³-hybridized carbons (Fsp3) is 0.294. The summed E-state index contributed by atoms with van der Waals surface area (Å²) in [4.78, 5) is 30.0. The molecule has 3 rings (SSSR count). The summed E-state index contributed by atoms with van der Waals surface area (Å²) in [7, 11) is 0. The molecular weight excluding hydrogens is 324 g/mol. The predicted octanol–water partition coefficient (Wildman–Crippen LogP) is 3.14. The number of rotatable bonds is 4. The zero-order chi connectivity index (χ0) is 17.1. The Morgan fingerprint density at radius 3 is 2.71 bits per heavy atom. The number of hydrazone groups is 1. The molecule has 124 valence electrons. The first-order valence-corrected chi connectivity index (χ1v) is 8.63. The van der Waals surface area contributed by atoms with Crippen LogP contribution in [0, 0.1) is 6.92 Å². The van der Waals surface area contributed by atoms with Gasteiger partial charge in [0.25, 0.3) is 5.91 Å². The van der Waals surface area contributed by atoms with E-state index in [-0.39, 0.29) is 18.2 Å². The van der Waals surface area contributed by atoms with Crippen LogP contribution in [-0.2, 0) is 16.0 Å². The van der Waals surface area contributed by atoms with Crippen LogP contribution < -0.4 is 10.3 Å². The molecular formula is C17H18N4O2S. The maximum absolute atomic E-state index is 12.4. The van der Waals surface area contributed by atoms with Crippen LogP contribution in [0.15, 0.2) is 35.4 Å². The van der Waals surface area contributed by atoms with Crippen molar-refractivity contribution in [3.63, 3.8) is 0 Å². The number of hydrogen-bond donors (Lipinski definition) is 1. The lowest BCUT2D eigenvalue weighted by Gasteiger charge is -2.22. The molecule has 1 aromatic carbocycles. The molecule has 6 nitrogen and oxygen atoms in total. The van der Waals surface area contributed by atoms with E-state index in [9.17, 15) is 9.59 Å². The Balaban J connectivity index is 1.79. The molecule has 0 aliphatic carbocycles. The van der Waals surface area contributed by atoms with Crippen LogP contribution in [0.25, 0.3) is 0 Å². The molecule has 2 heterocycles. The van der Waals surface area contributed by atoms with Crippen LogP contribution in [-0.4, -0.2) is 22.5 Å². The summed E-state index contributed by atoms with van der Waals surface area (Å²) >= 11 is 1.45. The molecule has 0 saturated heterocycles. The Morgan fingerprint density at radius 2 is 2.04 bits per heavy atom. The lowest BCUT2D eigenvalue weighted by atomic mass is 10.1. The van der Waals surface area contributed by atoms with Gasteiger partial charge >= 0.3 is 0 Å². The highest BCUT2D eigenvalue weighted by atomic mass is 32.1. The Kier molecular flexibility index (Phi) is 4.71. The molecule has 0 spiro atoms. The highest BCUT2D eigenvalue weighted by Gasteiger charge is 2.26. The van der Waals surface area contributed by atoms with Crippen molar-refractivity contribution in [2.75, 3.05) is 10.3 Å². The van der Waals surface area contributed by atoms with Crippen molar-refractivity contribution in [2.24, 2.45) is 5.10 Å². The normalized spacial score (nSPS) is 14.5. The van der Waals surface area contributed by atoms with E-state index in [1.807, 2.05) is 32.0 Å². The number of benzene rings is 1. The monoisotopic (exact) mass is 342 g/mol. The number of thiazole rings is 1. The number of para-hydroxylation sites is 1. The van der Waals surface area contributed by atoms with Gasteiger partial charge in [0.15, 0.2) is 5.13 Å². The van der Waals surface area contributed by atoms with E-state index in [0.717, 1.165) is 17.0 Å². The average Bonchev–Trinajstić information content (AvgIpc) is 2.95. The molecule has 0 radical (unpaired) electrons. The molecule has 0 atom stereocenters. The van der Waals surface area contributed by atoms with Crippen molar-refractivity contribution in [3.8, 4) is 0 Å². The Hall–Kier alpha value is -2.54. The van der Waals surface area contributed by atoms with Gasteiger partial charge in [-0.1, -0.05) is 25.1 Å². The minimum Gasteiger partial charge on any atom is -0.297 e. The number of aryl methyl sites for hydroxylation is 2. The quantitative estimate of drug-likeness (QED) is 0.927. The second-order valence-corrected chi connectivity index (χ2v) is 6.62. The number of aromatic nitrogens is 1. The molecule has 0 unspecified atom stereocenters. The van der Waals surface area contributed by atoms with Crippen LogP contribution in [0.3, 0.4) is 0 Å². The van der Waals surface area contributed by atoms with Gasteiger partial charge in [-0.25, -0.2) is 9.99 Å². The topological polar surface area (TPSA) is 74.7 Å². The highest BCUT2D eigenvalue weighted by molar-refractivity contribution is 7.15. The van der Waals surface area contributed by atoms with Gasteiger partial charge in [-0.2, -0.15) is 5.10 Å². The van der Waals surface area contributed by atoms with E-state index in [4.69, 9.17) is 0 Å². The number of carbonyl (C=O) groups is 2. The van der Waals surface area contributed by atoms with Crippen LogP contribution >= 0.6 is 11.3 Å². The Morgan fingerprint density at radius 1 is 1.29 bits per heavy atom. The number of carbonyl (C=O) groups excluding carboxylic acids is 2. The highest BCUT2D eigenvalue weighted by Crippen LogP contribution is 2.23. The molecule has 1 aliphatic rings. The summed E-state index contributed by atoms with van der Waals surface area (Å²) in [6, 6.07) is 9.11. The fourth-order valence-corrected chi connectivity index (χ4v) is 3.36. The molecule has 0 fully saturated rings. The van der Waals surface area contributed by atoms with Crippen molar-refractivity contribution in [1.82, 2.24) is 4.98 Å². The van der Waals surface area contributed by atoms with E-state index >= 15 is 0 Å². The summed E-state index contributed by atoms with van der Waals surface area (Å²) in [5, 5.41) is 8.90. The lowest BCUT2D eigenvalue weighted by molar-refractivity contribution is -0.118. The van der Waals surface area contributed by atoms with Crippen molar-refractivity contribution in [2.45, 2.75) is 33.1 Å². The van der Waals surface area contributed by atoms with Crippen molar-refractivity contribution >= 4 is 39.7 Å². The van der Waals surface area contributed by atoms with Crippen LogP contribution in [0.1, 0.15) is 30.3 Å². The molecule has 1 N–H and O–H groups in total. The zero-order valence-corrected chi connectivity index (χ0v) is 14.4. The van der Waals surface area contributed by atoms with Crippen LogP contribution in [0.2, 0.25) is 0 Å². The molecule has 0 bridgehead atoms. The summed E-state index contributed by atoms with van der Waals surface area (Å²) in [5.74, 6) is -0.420. The summed E-state index contributed by atoms with van der Waals surface area (Å²) in [6.45, 7) is 4.02. The zero-order valence-electron chi connectivity index (χ0n) is 13.6. The third-order valence-corrected chi connectivity index (χ3v) is 4.67. The number of amides is 2. The van der Waals surface area contributed by atoms with Crippen molar-refractivity contribution in [3.05, 3.63) is 40.9 Å². The first-order chi connectivity index (χ1) is 11.6. The number of nitrogens with zero attached hydrogens (tertiary/aromatic N) is 3. The van der Waals surface area contributed by atoms with Gasteiger partial charge in [0.2, 0.25) is 5.91 Å². The van der Waals surface area contributed by atoms with Crippen molar-refractivity contribution in [1.29, 1.82) is 0 Å². The molecule has 1 aromatic heterocycles. The van der Waals surface area contributed by atoms with Gasteiger partial charge in [0.1, 0.15) is 5.71 Å². The average molecular weight is 342 g/mol. The van der Waals surface area contributed by atoms with E-state index < -0.39 is 0 Å². The summed E-state index contributed by atoms with van der Waals surface area (Å²) < 4.78 is 0. The Labute approximate surface area is 144 Å². The third kappa shape index (κ3) is 3.35. The van der Waals surface area contributed by atoms with Crippen LogP contribution in [0.5, 0.6) is 0 Å². The number of anilines is 2. The van der Waals surface area contributed by atoms with E-state index in [0.29, 0.717) is 23.0 Å². The van der Waals surface area contributed by atoms with Gasteiger partial charge in [-0.05, 0) is 25.5 Å². The second-order valence-electron chi connectivity index (χ2n) is 5.42. The summed E-state index contributed by atoms with van der Waals surface area (Å²) in [6.07, 6.45) is 1.42. The Bertz CT molecular complexity index is 798. The van der Waals surface area contributed by atoms with Gasteiger partial charge in [-0.15, -0.1) is 11.3 Å². The predicted molar refractivity (Wildman–Crippen MR) is 95.5 cm³/mol. The molecule has 0 saturated carbocycles. The lowest BCUT2D eigenvalue weighted by Crippen LogP contribution is -2.36. The number of hydrogen-bond acceptors (Lipinski definition) is 5. The van der Waals surface area contributed by atoms with E-state index in [1.165, 1.54) is 16.3 Å². The first-order valence-electron chi connectivity index (χ1n) is 7.81. The minimum atomic E-state index is -0.306. The van der Waals surface area contributed by atoms with Gasteiger partial charge in [0, 0.05) is 17.7 Å². The molecule has 1 aliphatic heterocycles. The van der Waals surface area contributed by atoms with Crippen molar-refractivity contribution < 1.29 is 9.59 Å². The molecule has 24 heavy (non-hydrogen) atoms. The molecule has 7 heteroatoms. The summed E-state index contributed by atoms with van der Waals surface area (Å²) in [5.41, 5.74) is 1.98. The number of nitrogens with one attached hydrogen (secondary N) is 1. The second kappa shape index (κ2) is 6.92. The van der Waals surface area contributed by atoms with E-state index in [1.54, 1.807) is 12.1 Å². The maximum atomic E-state index is 12.4. The smallest absolute Gasteiger partial charge is 0.273 e. The minimum absolute atomic E-state index is 0.115. The van der Waals surface area contributed by atoms with Crippen LogP contribution in [0.4, 0.5) is 10.8 Å². The molecule has 2 aromatic rings. The SMILES string of the molecule is CCc1nc(NC(=O)C2=NN(c3ccccc3)C(=O)CC2)sc1C. The van der Waals surface area contributed by atoms with Gasteiger partial charge in [-0.3, -0.25) is 14.9 Å². The van der Waals surface area contributed by atoms with Gasteiger partial charge in [0.05, 0.1) is 11.4 Å². The fourth-order valence-electron chi connectivity index (χ4n) is 2.47. The molecule has 2 amide bonds. The standard InChI is InChI=1S/C17H18N4O2S/c1-3-13-11(2)24-17(18-13)19-16(23)14-9-10-15(22)21(20-14)12-7-5-4-6-8-12/h4-8H,3,9-10H2,1-2H3,(H,18,19,23). The first kappa shape index (κ1) is 16.3. The van der Waals surface area contributed by atoms with E-state index in [2.05, 4.69) is 15.4 Å². The van der Waals surface area contributed by atoms with Gasteiger partial charge < -0.3 is 0 Å². The maximum Gasteiger partial charge on any atom is 0.273 e.